The summed E-state index contributed by atoms with van der Waals surface area (Å²) in [5.74, 6) is -0.593. The molecule has 1 rings (SSSR count). The molecule has 0 bridgehead atoms. The van der Waals surface area contributed by atoms with Crippen molar-refractivity contribution in [2.75, 3.05) is 13.2 Å². The Balaban J connectivity index is 2.62. The van der Waals surface area contributed by atoms with E-state index in [1.807, 2.05) is 6.92 Å². The van der Waals surface area contributed by atoms with Crippen molar-refractivity contribution in [1.29, 1.82) is 0 Å². The van der Waals surface area contributed by atoms with E-state index < -0.39 is 11.6 Å². The fourth-order valence-corrected chi connectivity index (χ4v) is 1.95. The summed E-state index contributed by atoms with van der Waals surface area (Å²) >= 11 is 0. The molecule has 0 aromatic rings. The molecule has 0 aromatic carbocycles. The zero-order valence-corrected chi connectivity index (χ0v) is 9.66. The SMILES string of the molecule is CCOC(=O)C(C)(O)C1CCOC(C)C1. The highest BCUT2D eigenvalue weighted by Crippen LogP contribution is 2.30. The fourth-order valence-electron chi connectivity index (χ4n) is 1.95. The third kappa shape index (κ3) is 2.92. The third-order valence-corrected chi connectivity index (χ3v) is 2.97. The first-order valence-electron chi connectivity index (χ1n) is 5.49. The van der Waals surface area contributed by atoms with E-state index in [4.69, 9.17) is 9.47 Å². The summed E-state index contributed by atoms with van der Waals surface area (Å²) in [6.07, 6.45) is 1.51. The lowest BCUT2D eigenvalue weighted by Gasteiger charge is -2.35. The van der Waals surface area contributed by atoms with Gasteiger partial charge in [-0.2, -0.15) is 0 Å². The van der Waals surface area contributed by atoms with Gasteiger partial charge in [0.1, 0.15) is 0 Å². The summed E-state index contributed by atoms with van der Waals surface area (Å²) in [5, 5.41) is 10.1. The molecule has 0 aliphatic carbocycles. The van der Waals surface area contributed by atoms with Crippen molar-refractivity contribution in [2.45, 2.75) is 45.3 Å². The van der Waals surface area contributed by atoms with Crippen LogP contribution in [-0.4, -0.2) is 36.0 Å². The van der Waals surface area contributed by atoms with Crippen LogP contribution in [0.1, 0.15) is 33.6 Å². The van der Waals surface area contributed by atoms with Crippen LogP contribution in [0.25, 0.3) is 0 Å². The Bertz CT molecular complexity index is 225. The molecule has 4 nitrogen and oxygen atoms in total. The number of rotatable bonds is 3. The lowest BCUT2D eigenvalue weighted by molar-refractivity contribution is -0.174. The number of carbonyl (C=O) groups is 1. The highest BCUT2D eigenvalue weighted by molar-refractivity contribution is 5.79. The maximum absolute atomic E-state index is 11.6. The van der Waals surface area contributed by atoms with Crippen molar-refractivity contribution >= 4 is 5.97 Å². The summed E-state index contributed by atoms with van der Waals surface area (Å²) in [4.78, 5) is 11.6. The Kier molecular flexibility index (Phi) is 4.11. The average molecular weight is 216 g/mol. The van der Waals surface area contributed by atoms with Crippen molar-refractivity contribution < 1.29 is 19.4 Å². The third-order valence-electron chi connectivity index (χ3n) is 2.97. The monoisotopic (exact) mass is 216 g/mol. The predicted molar refractivity (Wildman–Crippen MR) is 55.4 cm³/mol. The number of carbonyl (C=O) groups excluding carboxylic acids is 1. The Morgan fingerprint density at radius 2 is 2.33 bits per heavy atom. The van der Waals surface area contributed by atoms with Gasteiger partial charge in [0.15, 0.2) is 5.60 Å². The van der Waals surface area contributed by atoms with Gasteiger partial charge in [0.05, 0.1) is 12.7 Å². The molecule has 0 spiro atoms. The second-order valence-corrected chi connectivity index (χ2v) is 4.27. The topological polar surface area (TPSA) is 55.8 Å². The first-order valence-corrected chi connectivity index (χ1v) is 5.49. The Morgan fingerprint density at radius 3 is 2.87 bits per heavy atom. The van der Waals surface area contributed by atoms with Crippen LogP contribution < -0.4 is 0 Å². The van der Waals surface area contributed by atoms with E-state index >= 15 is 0 Å². The van der Waals surface area contributed by atoms with Gasteiger partial charge < -0.3 is 14.6 Å². The molecule has 1 aliphatic heterocycles. The maximum atomic E-state index is 11.6. The van der Waals surface area contributed by atoms with Crippen molar-refractivity contribution in [3.8, 4) is 0 Å². The Morgan fingerprint density at radius 1 is 1.67 bits per heavy atom. The van der Waals surface area contributed by atoms with Gasteiger partial charge >= 0.3 is 5.97 Å². The first kappa shape index (κ1) is 12.5. The minimum Gasteiger partial charge on any atom is -0.464 e. The van der Waals surface area contributed by atoms with E-state index in [-0.39, 0.29) is 12.0 Å². The largest absolute Gasteiger partial charge is 0.464 e. The predicted octanol–water partition coefficient (Wildman–Crippen LogP) is 1.12. The van der Waals surface area contributed by atoms with E-state index in [0.29, 0.717) is 26.1 Å². The van der Waals surface area contributed by atoms with Crippen molar-refractivity contribution in [3.63, 3.8) is 0 Å². The first-order chi connectivity index (χ1) is 6.98. The molecule has 0 amide bonds. The number of aliphatic hydroxyl groups is 1. The van der Waals surface area contributed by atoms with Crippen LogP contribution in [-0.2, 0) is 14.3 Å². The second kappa shape index (κ2) is 4.94. The number of ether oxygens (including phenoxy) is 2. The van der Waals surface area contributed by atoms with Crippen LogP contribution in [0.3, 0.4) is 0 Å². The van der Waals surface area contributed by atoms with Crippen molar-refractivity contribution in [1.82, 2.24) is 0 Å². The maximum Gasteiger partial charge on any atom is 0.338 e. The highest BCUT2D eigenvalue weighted by Gasteiger charge is 2.42. The molecule has 4 heteroatoms. The van der Waals surface area contributed by atoms with E-state index in [1.54, 1.807) is 6.92 Å². The molecule has 3 unspecified atom stereocenters. The molecular weight excluding hydrogens is 196 g/mol. The van der Waals surface area contributed by atoms with Gasteiger partial charge in [0, 0.05) is 12.5 Å². The quantitative estimate of drug-likeness (QED) is 0.718. The molecule has 0 radical (unpaired) electrons. The zero-order chi connectivity index (χ0) is 11.5. The van der Waals surface area contributed by atoms with E-state index in [1.165, 1.54) is 6.92 Å². The summed E-state index contributed by atoms with van der Waals surface area (Å²) in [6, 6.07) is 0. The van der Waals surface area contributed by atoms with E-state index in [9.17, 15) is 9.90 Å². The van der Waals surface area contributed by atoms with E-state index in [2.05, 4.69) is 0 Å². The normalized spacial score (nSPS) is 30.7. The summed E-state index contributed by atoms with van der Waals surface area (Å²) in [5.41, 5.74) is -1.38. The average Bonchev–Trinajstić information content (AvgIpc) is 2.18. The standard InChI is InChI=1S/C11H20O4/c1-4-14-10(12)11(3,13)9-5-6-15-8(2)7-9/h8-9,13H,4-7H2,1-3H3. The van der Waals surface area contributed by atoms with E-state index in [0.717, 1.165) is 0 Å². The molecule has 88 valence electrons. The molecular formula is C11H20O4. The highest BCUT2D eigenvalue weighted by atomic mass is 16.5. The Labute approximate surface area is 90.6 Å². The van der Waals surface area contributed by atoms with Crippen LogP contribution in [0.2, 0.25) is 0 Å². The van der Waals surface area contributed by atoms with Crippen molar-refractivity contribution in [2.24, 2.45) is 5.92 Å². The molecule has 3 atom stereocenters. The minimum absolute atomic E-state index is 0.0692. The van der Waals surface area contributed by atoms with Crippen LogP contribution in [0.4, 0.5) is 0 Å². The van der Waals surface area contributed by atoms with Gasteiger partial charge in [-0.15, -0.1) is 0 Å². The molecule has 1 saturated heterocycles. The fraction of sp³-hybridized carbons (Fsp3) is 0.909. The lowest BCUT2D eigenvalue weighted by Crippen LogP contribution is -2.47. The van der Waals surface area contributed by atoms with Gasteiger partial charge in [-0.3, -0.25) is 0 Å². The molecule has 1 heterocycles. The number of hydrogen-bond acceptors (Lipinski definition) is 4. The van der Waals surface area contributed by atoms with Crippen LogP contribution in [0.5, 0.6) is 0 Å². The van der Waals surface area contributed by atoms with Gasteiger partial charge in [0.25, 0.3) is 0 Å². The smallest absolute Gasteiger partial charge is 0.338 e. The summed E-state index contributed by atoms with van der Waals surface area (Å²) in [7, 11) is 0. The van der Waals surface area contributed by atoms with Crippen LogP contribution in [0.15, 0.2) is 0 Å². The van der Waals surface area contributed by atoms with Crippen LogP contribution in [0, 0.1) is 5.92 Å². The molecule has 0 aromatic heterocycles. The molecule has 0 saturated carbocycles. The number of hydrogen-bond donors (Lipinski definition) is 1. The lowest BCUT2D eigenvalue weighted by atomic mass is 9.81. The van der Waals surface area contributed by atoms with Gasteiger partial charge in [-0.1, -0.05) is 0 Å². The zero-order valence-electron chi connectivity index (χ0n) is 9.66. The number of esters is 1. The minimum atomic E-state index is -1.38. The van der Waals surface area contributed by atoms with Gasteiger partial charge in [-0.25, -0.2) is 4.79 Å². The van der Waals surface area contributed by atoms with Gasteiger partial charge in [0.2, 0.25) is 0 Å². The van der Waals surface area contributed by atoms with Crippen LogP contribution >= 0.6 is 0 Å². The Hall–Kier alpha value is -0.610. The van der Waals surface area contributed by atoms with Crippen molar-refractivity contribution in [3.05, 3.63) is 0 Å². The molecule has 1 N–H and O–H groups in total. The molecule has 1 fully saturated rings. The molecule has 1 aliphatic rings. The van der Waals surface area contributed by atoms with Gasteiger partial charge in [-0.05, 0) is 33.6 Å². The summed E-state index contributed by atoms with van der Waals surface area (Å²) < 4.78 is 10.2. The summed E-state index contributed by atoms with van der Waals surface area (Å²) in [6.45, 7) is 6.12. The second-order valence-electron chi connectivity index (χ2n) is 4.27. The molecule has 15 heavy (non-hydrogen) atoms.